The molecule has 120 valence electrons. The first kappa shape index (κ1) is 15.6. The monoisotopic (exact) mass is 308 g/mol. The maximum absolute atomic E-state index is 12.6. The van der Waals surface area contributed by atoms with Crippen molar-refractivity contribution in [2.24, 2.45) is 0 Å². The molecular weight excluding hydrogens is 284 g/mol. The quantitative estimate of drug-likeness (QED) is 0.837. The Hall–Kier alpha value is -2.29. The number of carbonyl (C=O) groups is 1. The lowest BCUT2D eigenvalue weighted by atomic mass is 10.0. The third kappa shape index (κ3) is 3.55. The number of amides is 1. The maximum atomic E-state index is 12.6. The van der Waals surface area contributed by atoms with Crippen LogP contribution in [-0.4, -0.2) is 25.5 Å². The van der Waals surface area contributed by atoms with E-state index in [0.717, 1.165) is 25.2 Å². The van der Waals surface area contributed by atoms with E-state index in [1.807, 2.05) is 42.2 Å². The van der Waals surface area contributed by atoms with Gasteiger partial charge in [0.2, 0.25) is 5.91 Å². The summed E-state index contributed by atoms with van der Waals surface area (Å²) in [5, 5.41) is 0. The van der Waals surface area contributed by atoms with Gasteiger partial charge in [-0.15, -0.1) is 0 Å². The number of aryl methyl sites for hydroxylation is 1. The first-order valence-corrected chi connectivity index (χ1v) is 8.48. The molecule has 0 bridgehead atoms. The summed E-state index contributed by atoms with van der Waals surface area (Å²) in [6.07, 6.45) is 2.87. The minimum absolute atomic E-state index is 0.196. The van der Waals surface area contributed by atoms with Gasteiger partial charge >= 0.3 is 0 Å². The molecule has 3 heteroatoms. The van der Waals surface area contributed by atoms with Gasteiger partial charge in [0.05, 0.1) is 0 Å². The van der Waals surface area contributed by atoms with Crippen molar-refractivity contribution in [2.45, 2.75) is 26.2 Å². The zero-order valence-corrected chi connectivity index (χ0v) is 13.7. The molecule has 0 spiro atoms. The van der Waals surface area contributed by atoms with Gasteiger partial charge in [0.15, 0.2) is 0 Å². The van der Waals surface area contributed by atoms with E-state index >= 15 is 0 Å². The Morgan fingerprint density at radius 3 is 2.61 bits per heavy atom. The average molecular weight is 308 g/mol. The fourth-order valence-electron chi connectivity index (χ4n) is 3.32. The van der Waals surface area contributed by atoms with Crippen molar-refractivity contribution in [1.82, 2.24) is 0 Å². The fourth-order valence-corrected chi connectivity index (χ4v) is 3.32. The molecule has 0 aromatic heterocycles. The van der Waals surface area contributed by atoms with Gasteiger partial charge < -0.3 is 9.80 Å². The molecule has 0 atom stereocenters. The van der Waals surface area contributed by atoms with Crippen molar-refractivity contribution in [3.63, 3.8) is 0 Å². The zero-order chi connectivity index (χ0) is 16.1. The van der Waals surface area contributed by atoms with Crippen molar-refractivity contribution < 1.29 is 4.79 Å². The van der Waals surface area contributed by atoms with Crippen molar-refractivity contribution in [2.75, 3.05) is 29.4 Å². The van der Waals surface area contributed by atoms with E-state index < -0.39 is 0 Å². The Labute approximate surface area is 138 Å². The largest absolute Gasteiger partial charge is 0.371 e. The van der Waals surface area contributed by atoms with E-state index in [9.17, 15) is 4.79 Å². The van der Waals surface area contributed by atoms with Gasteiger partial charge in [-0.1, -0.05) is 36.4 Å². The number of para-hydroxylation sites is 2. The van der Waals surface area contributed by atoms with Gasteiger partial charge in [-0.05, 0) is 43.5 Å². The molecule has 3 rings (SSSR count). The highest BCUT2D eigenvalue weighted by molar-refractivity contribution is 5.93. The smallest absolute Gasteiger partial charge is 0.228 e. The third-order valence-electron chi connectivity index (χ3n) is 4.49. The number of anilines is 2. The molecule has 1 heterocycles. The molecule has 3 nitrogen and oxygen atoms in total. The van der Waals surface area contributed by atoms with Crippen LogP contribution in [0, 0.1) is 0 Å². The molecule has 23 heavy (non-hydrogen) atoms. The van der Waals surface area contributed by atoms with E-state index in [-0.39, 0.29) is 5.91 Å². The number of rotatable bonds is 5. The van der Waals surface area contributed by atoms with Gasteiger partial charge in [-0.25, -0.2) is 0 Å². The fraction of sp³-hybridized carbons (Fsp3) is 0.350. The second-order valence-electron chi connectivity index (χ2n) is 5.94. The van der Waals surface area contributed by atoms with Crippen LogP contribution in [0.25, 0.3) is 0 Å². The normalized spacial score (nSPS) is 13.5. The molecule has 2 aromatic rings. The van der Waals surface area contributed by atoms with Crippen LogP contribution in [-0.2, 0) is 11.2 Å². The number of hydrogen-bond donors (Lipinski definition) is 0. The lowest BCUT2D eigenvalue weighted by molar-refractivity contribution is -0.118. The topological polar surface area (TPSA) is 23.6 Å². The molecule has 0 aliphatic carbocycles. The van der Waals surface area contributed by atoms with Gasteiger partial charge in [0.1, 0.15) is 0 Å². The second kappa shape index (κ2) is 7.32. The van der Waals surface area contributed by atoms with Crippen molar-refractivity contribution in [3.05, 3.63) is 60.2 Å². The van der Waals surface area contributed by atoms with Crippen LogP contribution in [0.4, 0.5) is 11.4 Å². The van der Waals surface area contributed by atoms with Crippen LogP contribution in [0.2, 0.25) is 0 Å². The third-order valence-corrected chi connectivity index (χ3v) is 4.49. The van der Waals surface area contributed by atoms with E-state index in [1.54, 1.807) is 0 Å². The first-order chi connectivity index (χ1) is 11.3. The van der Waals surface area contributed by atoms with Crippen LogP contribution in [0.15, 0.2) is 54.6 Å². The van der Waals surface area contributed by atoms with E-state index in [2.05, 4.69) is 29.2 Å². The van der Waals surface area contributed by atoms with Crippen LogP contribution < -0.4 is 9.80 Å². The van der Waals surface area contributed by atoms with Crippen molar-refractivity contribution in [1.29, 1.82) is 0 Å². The first-order valence-electron chi connectivity index (χ1n) is 8.48. The van der Waals surface area contributed by atoms with Gasteiger partial charge in [-0.3, -0.25) is 4.79 Å². The summed E-state index contributed by atoms with van der Waals surface area (Å²) in [4.78, 5) is 16.9. The standard InChI is InChI=1S/C20H24N2O/c1-2-22(18-11-4-3-5-12-18)20(23)14-16-21-15-8-10-17-9-6-7-13-19(17)21/h3-7,9,11-13H,2,8,10,14-16H2,1H3. The molecule has 0 radical (unpaired) electrons. The van der Waals surface area contributed by atoms with Gasteiger partial charge in [0, 0.05) is 37.4 Å². The molecule has 1 aliphatic rings. The molecule has 2 aromatic carbocycles. The summed E-state index contributed by atoms with van der Waals surface area (Å²) in [7, 11) is 0. The SMILES string of the molecule is CCN(C(=O)CCN1CCCc2ccccc21)c1ccccc1. The molecule has 0 saturated carbocycles. The number of benzene rings is 2. The van der Waals surface area contributed by atoms with Crippen LogP contribution >= 0.6 is 0 Å². The summed E-state index contributed by atoms with van der Waals surface area (Å²) in [6.45, 7) is 4.57. The Morgan fingerprint density at radius 2 is 1.83 bits per heavy atom. The van der Waals surface area contributed by atoms with Crippen LogP contribution in [0.3, 0.4) is 0 Å². The maximum Gasteiger partial charge on any atom is 0.228 e. The van der Waals surface area contributed by atoms with E-state index in [0.29, 0.717) is 13.0 Å². The predicted octanol–water partition coefficient (Wildman–Crippen LogP) is 3.88. The molecular formula is C20H24N2O. The number of fused-ring (bicyclic) bond motifs is 1. The molecule has 1 amide bonds. The Bertz CT molecular complexity index is 654. The van der Waals surface area contributed by atoms with Gasteiger partial charge in [-0.2, -0.15) is 0 Å². The van der Waals surface area contributed by atoms with Gasteiger partial charge in [0.25, 0.3) is 0 Å². The zero-order valence-electron chi connectivity index (χ0n) is 13.7. The van der Waals surface area contributed by atoms with E-state index in [4.69, 9.17) is 0 Å². The highest BCUT2D eigenvalue weighted by atomic mass is 16.2. The summed E-state index contributed by atoms with van der Waals surface area (Å²) < 4.78 is 0. The Balaban J connectivity index is 1.65. The van der Waals surface area contributed by atoms with Crippen molar-refractivity contribution >= 4 is 17.3 Å². The molecule has 0 N–H and O–H groups in total. The summed E-state index contributed by atoms with van der Waals surface area (Å²) in [6, 6.07) is 18.5. The van der Waals surface area contributed by atoms with Crippen LogP contribution in [0.1, 0.15) is 25.3 Å². The lowest BCUT2D eigenvalue weighted by Gasteiger charge is -2.32. The number of carbonyl (C=O) groups excluding carboxylic acids is 1. The highest BCUT2D eigenvalue weighted by Gasteiger charge is 2.19. The summed E-state index contributed by atoms with van der Waals surface area (Å²) in [5.41, 5.74) is 3.69. The van der Waals surface area contributed by atoms with E-state index in [1.165, 1.54) is 17.7 Å². The Kier molecular flexibility index (Phi) is 4.96. The summed E-state index contributed by atoms with van der Waals surface area (Å²) in [5.74, 6) is 0.196. The average Bonchev–Trinajstić information content (AvgIpc) is 2.61. The predicted molar refractivity (Wildman–Crippen MR) is 96.1 cm³/mol. The molecule has 1 aliphatic heterocycles. The number of nitrogens with zero attached hydrogens (tertiary/aromatic N) is 2. The number of hydrogen-bond acceptors (Lipinski definition) is 2. The minimum atomic E-state index is 0.196. The van der Waals surface area contributed by atoms with Crippen LogP contribution in [0.5, 0.6) is 0 Å². The van der Waals surface area contributed by atoms with Crippen molar-refractivity contribution in [3.8, 4) is 0 Å². The molecule has 0 saturated heterocycles. The summed E-state index contributed by atoms with van der Waals surface area (Å²) >= 11 is 0. The molecule has 0 fully saturated rings. The second-order valence-corrected chi connectivity index (χ2v) is 5.94. The molecule has 0 unspecified atom stereocenters. The lowest BCUT2D eigenvalue weighted by Crippen LogP contribution is -2.36. The highest BCUT2D eigenvalue weighted by Crippen LogP contribution is 2.26. The Morgan fingerprint density at radius 1 is 1.09 bits per heavy atom. The minimum Gasteiger partial charge on any atom is -0.371 e.